The third-order valence-corrected chi connectivity index (χ3v) is 1.41. The van der Waals surface area contributed by atoms with E-state index >= 15 is 0 Å². The average Bonchev–Trinajstić information content (AvgIpc) is 1.84. The first-order chi connectivity index (χ1) is 5.62. The van der Waals surface area contributed by atoms with Crippen molar-refractivity contribution in [3.05, 3.63) is 0 Å². The van der Waals surface area contributed by atoms with Crippen molar-refractivity contribution >= 4 is 0 Å². The van der Waals surface area contributed by atoms with Gasteiger partial charge in [-0.1, -0.05) is 6.92 Å². The molecule has 1 N–H and O–H groups in total. The smallest absolute Gasteiger partial charge is 0.374 e. The number of aliphatic hydroxyl groups is 1. The molecule has 0 aliphatic carbocycles. The van der Waals surface area contributed by atoms with Crippen molar-refractivity contribution in [1.82, 2.24) is 0 Å². The van der Waals surface area contributed by atoms with E-state index in [4.69, 9.17) is 1.43 Å². The monoisotopic (exact) mass is 197 g/mol. The molecule has 12 heavy (non-hydrogen) atoms. The Morgan fingerprint density at radius 3 is 1.42 bits per heavy atom. The summed E-state index contributed by atoms with van der Waals surface area (Å²) in [6.07, 6.45) is -12.7. The molecule has 0 radical (unpaired) electrons. The van der Waals surface area contributed by atoms with Crippen LogP contribution in [0.4, 0.5) is 26.3 Å². The van der Waals surface area contributed by atoms with Gasteiger partial charge in [-0.05, 0) is 6.42 Å². The third-order valence-electron chi connectivity index (χ3n) is 1.41. The minimum atomic E-state index is -5.64. The zero-order valence-corrected chi connectivity index (χ0v) is 5.88. The van der Waals surface area contributed by atoms with Crippen molar-refractivity contribution in [2.75, 3.05) is 0 Å². The van der Waals surface area contributed by atoms with Gasteiger partial charge in [0, 0.05) is 0 Å². The number of halogens is 6. The number of hydrogen-bond acceptors (Lipinski definition) is 1. The molecule has 7 heteroatoms. The number of rotatable bonds is 2. The largest absolute Gasteiger partial charge is 0.426 e. The van der Waals surface area contributed by atoms with Gasteiger partial charge in [0.25, 0.3) is 5.60 Å². The minimum absolute atomic E-state index is 0.648. The lowest BCUT2D eigenvalue weighted by Gasteiger charge is -2.30. The first-order valence-corrected chi connectivity index (χ1v) is 2.90. The maximum absolute atomic E-state index is 11.9. The fourth-order valence-electron chi connectivity index (χ4n) is 0.562. The topological polar surface area (TPSA) is 20.2 Å². The van der Waals surface area contributed by atoms with Crippen LogP contribution in [0.1, 0.15) is 13.3 Å². The van der Waals surface area contributed by atoms with E-state index in [1.807, 2.05) is 0 Å². The Balaban J connectivity index is 5.17. The van der Waals surface area contributed by atoms with Gasteiger partial charge in [0.05, 0.1) is 0 Å². The molecule has 1 nitrogen and oxygen atoms in total. The Hall–Kier alpha value is -0.460. The number of alkyl halides is 6. The van der Waals surface area contributed by atoms with E-state index in [0.29, 0.717) is 6.92 Å². The van der Waals surface area contributed by atoms with Crippen molar-refractivity contribution in [2.45, 2.75) is 31.3 Å². The molecule has 0 unspecified atom stereocenters. The molecule has 0 aromatic rings. The molecule has 74 valence electrons. The summed E-state index contributed by atoms with van der Waals surface area (Å²) >= 11 is 0. The normalized spacial score (nSPS) is 16.1. The Morgan fingerprint density at radius 2 is 1.42 bits per heavy atom. The highest BCUT2D eigenvalue weighted by Crippen LogP contribution is 2.44. The van der Waals surface area contributed by atoms with Crippen LogP contribution in [-0.2, 0) is 0 Å². The van der Waals surface area contributed by atoms with E-state index in [1.54, 1.807) is 0 Å². The molecule has 0 aromatic carbocycles. The minimum Gasteiger partial charge on any atom is -0.374 e. The SMILES string of the molecule is [2H]OC(CC)(C(F)(F)F)C(F)(F)F. The van der Waals surface area contributed by atoms with E-state index in [0.717, 1.165) is 0 Å². The fraction of sp³-hybridized carbons (Fsp3) is 1.00. The van der Waals surface area contributed by atoms with Crippen molar-refractivity contribution in [2.24, 2.45) is 0 Å². The molecule has 0 aliphatic heterocycles. The van der Waals surface area contributed by atoms with Crippen molar-refractivity contribution < 1.29 is 31.5 Å². The zero-order valence-electron chi connectivity index (χ0n) is 6.88. The van der Waals surface area contributed by atoms with Gasteiger partial charge in [0.1, 0.15) is 0 Å². The lowest BCUT2D eigenvalue weighted by molar-refractivity contribution is -0.368. The number of hydrogen-bond donors (Lipinski definition) is 1. The third kappa shape index (κ3) is 1.65. The van der Waals surface area contributed by atoms with Crippen molar-refractivity contribution in [1.29, 1.82) is 1.43 Å². The van der Waals surface area contributed by atoms with Crippen molar-refractivity contribution in [3.63, 3.8) is 0 Å². The molecule has 0 atom stereocenters. The second-order valence-electron chi connectivity index (χ2n) is 2.18. The quantitative estimate of drug-likeness (QED) is 0.673. The molecular weight excluding hydrogens is 190 g/mol. The van der Waals surface area contributed by atoms with Gasteiger partial charge in [0.2, 0.25) is 1.43 Å². The highest BCUT2D eigenvalue weighted by atomic mass is 19.4. The van der Waals surface area contributed by atoms with Crippen LogP contribution in [0.5, 0.6) is 0 Å². The van der Waals surface area contributed by atoms with Crippen LogP contribution in [0, 0.1) is 0 Å². The Bertz CT molecular complexity index is 153. The van der Waals surface area contributed by atoms with Crippen LogP contribution < -0.4 is 0 Å². The summed E-state index contributed by atoms with van der Waals surface area (Å²) in [6, 6.07) is 0. The van der Waals surface area contributed by atoms with E-state index in [-0.39, 0.29) is 0 Å². The molecule has 0 spiro atoms. The molecule has 0 aliphatic rings. The highest BCUT2D eigenvalue weighted by molar-refractivity contribution is 4.92. The van der Waals surface area contributed by atoms with E-state index in [9.17, 15) is 26.3 Å². The van der Waals surface area contributed by atoms with Crippen LogP contribution in [0.15, 0.2) is 0 Å². The summed E-state index contributed by atoms with van der Waals surface area (Å²) < 4.78 is 77.3. The molecule has 0 saturated carbocycles. The molecule has 0 fully saturated rings. The maximum Gasteiger partial charge on any atom is 0.426 e. The van der Waals surface area contributed by atoms with Crippen LogP contribution in [0.3, 0.4) is 0 Å². The summed E-state index contributed by atoms with van der Waals surface area (Å²) in [5.74, 6) is 0. The summed E-state index contributed by atoms with van der Waals surface area (Å²) in [7, 11) is 0. The first kappa shape index (κ1) is 9.63. The maximum atomic E-state index is 11.9. The molecule has 0 bridgehead atoms. The predicted octanol–water partition coefficient (Wildman–Crippen LogP) is 2.25. The molecule has 0 saturated heterocycles. The Kier molecular flexibility index (Phi) is 2.24. The summed E-state index contributed by atoms with van der Waals surface area (Å²) in [5, 5.41) is 2.82. The molecule has 0 rings (SSSR count). The van der Waals surface area contributed by atoms with Gasteiger partial charge in [-0.3, -0.25) is 0 Å². The second kappa shape index (κ2) is 2.79. The summed E-state index contributed by atoms with van der Waals surface area (Å²) in [6.45, 7) is 0.648. The first-order valence-electron chi connectivity index (χ1n) is 3.31. The fourth-order valence-corrected chi connectivity index (χ4v) is 0.562. The van der Waals surface area contributed by atoms with E-state index < -0.39 is 24.4 Å². The second-order valence-corrected chi connectivity index (χ2v) is 2.18. The highest BCUT2D eigenvalue weighted by Gasteiger charge is 2.69. The standard InChI is InChI=1S/C5H6F6O/c1-2-3(12,4(6,7)8)5(9,10)11/h12H,2H2,1H3/i12D. The Morgan fingerprint density at radius 1 is 1.08 bits per heavy atom. The van der Waals surface area contributed by atoms with E-state index in [2.05, 4.69) is 5.11 Å². The van der Waals surface area contributed by atoms with Gasteiger partial charge >= 0.3 is 12.4 Å². The molecule has 0 heterocycles. The summed E-state index contributed by atoms with van der Waals surface area (Å²) in [4.78, 5) is 0. The lowest BCUT2D eigenvalue weighted by Crippen LogP contribution is -2.56. The summed E-state index contributed by atoms with van der Waals surface area (Å²) in [5.41, 5.74) is -4.38. The van der Waals surface area contributed by atoms with Crippen LogP contribution >= 0.6 is 0 Å². The van der Waals surface area contributed by atoms with Gasteiger partial charge < -0.3 is 5.11 Å². The average molecular weight is 197 g/mol. The zero-order chi connectivity index (χ0) is 10.9. The van der Waals surface area contributed by atoms with Gasteiger partial charge in [-0.25, -0.2) is 0 Å². The molecular formula is C5H6F6O. The predicted molar refractivity (Wildman–Crippen MR) is 27.4 cm³/mol. The van der Waals surface area contributed by atoms with Crippen LogP contribution in [0.25, 0.3) is 0 Å². The van der Waals surface area contributed by atoms with Gasteiger partial charge in [-0.15, -0.1) is 0 Å². The van der Waals surface area contributed by atoms with Crippen LogP contribution in [0.2, 0.25) is 0 Å². The molecule has 0 amide bonds. The van der Waals surface area contributed by atoms with Gasteiger partial charge in [0.15, 0.2) is 0 Å². The van der Waals surface area contributed by atoms with Gasteiger partial charge in [-0.2, -0.15) is 26.3 Å². The Labute approximate surface area is 65.5 Å². The molecule has 0 aromatic heterocycles. The van der Waals surface area contributed by atoms with E-state index in [1.165, 1.54) is 0 Å². The lowest BCUT2D eigenvalue weighted by atomic mass is 10.00. The van der Waals surface area contributed by atoms with Crippen molar-refractivity contribution in [3.8, 4) is 0 Å². The van der Waals surface area contributed by atoms with Crippen LogP contribution in [-0.4, -0.2) is 24.5 Å².